The highest BCUT2D eigenvalue weighted by Crippen LogP contribution is 2.20. The molecule has 1 aromatic heterocycles. The number of benzene rings is 1. The van der Waals surface area contributed by atoms with Gasteiger partial charge in [-0.05, 0) is 37.6 Å². The Morgan fingerprint density at radius 1 is 1.36 bits per heavy atom. The Balaban J connectivity index is 2.25. The summed E-state index contributed by atoms with van der Waals surface area (Å²) in [5, 5.41) is 1.20. The number of ether oxygens (including phenoxy) is 1. The van der Waals surface area contributed by atoms with Gasteiger partial charge in [0.05, 0.1) is 6.10 Å². The monoisotopic (exact) mass is 189 g/mol. The van der Waals surface area contributed by atoms with Gasteiger partial charge < -0.3 is 9.72 Å². The van der Waals surface area contributed by atoms with E-state index in [0.717, 1.165) is 17.7 Å². The Bertz CT molecular complexity index is 419. The van der Waals surface area contributed by atoms with Crippen LogP contribution in [0.15, 0.2) is 30.5 Å². The van der Waals surface area contributed by atoms with Crippen molar-refractivity contribution in [3.05, 3.63) is 30.5 Å². The van der Waals surface area contributed by atoms with Gasteiger partial charge in [-0.1, -0.05) is 6.92 Å². The molecule has 0 spiro atoms. The third kappa shape index (κ3) is 1.74. The maximum atomic E-state index is 5.73. The molecular formula is C12H15NO. The van der Waals surface area contributed by atoms with Crippen LogP contribution in [-0.2, 0) is 0 Å². The summed E-state index contributed by atoms with van der Waals surface area (Å²) in [4.78, 5) is 3.16. The number of fused-ring (bicyclic) bond motifs is 1. The Hall–Kier alpha value is -1.44. The molecule has 0 aliphatic carbocycles. The Morgan fingerprint density at radius 2 is 2.21 bits per heavy atom. The van der Waals surface area contributed by atoms with Crippen LogP contribution in [0.25, 0.3) is 10.9 Å². The summed E-state index contributed by atoms with van der Waals surface area (Å²) in [6.07, 6.45) is 3.26. The second-order valence-electron chi connectivity index (χ2n) is 3.56. The van der Waals surface area contributed by atoms with E-state index in [4.69, 9.17) is 4.74 Å². The average Bonchev–Trinajstić information content (AvgIpc) is 2.64. The largest absolute Gasteiger partial charge is 0.491 e. The first-order chi connectivity index (χ1) is 6.79. The Kier molecular flexibility index (Phi) is 2.44. The Morgan fingerprint density at radius 3 is 3.00 bits per heavy atom. The van der Waals surface area contributed by atoms with Crippen molar-refractivity contribution in [3.63, 3.8) is 0 Å². The average molecular weight is 189 g/mol. The van der Waals surface area contributed by atoms with Gasteiger partial charge >= 0.3 is 0 Å². The van der Waals surface area contributed by atoms with Gasteiger partial charge in [-0.15, -0.1) is 0 Å². The van der Waals surface area contributed by atoms with E-state index in [9.17, 15) is 0 Å². The number of rotatable bonds is 3. The molecule has 1 atom stereocenters. The van der Waals surface area contributed by atoms with E-state index in [0.29, 0.717) is 0 Å². The third-order valence-electron chi connectivity index (χ3n) is 2.44. The number of aromatic nitrogens is 1. The third-order valence-corrected chi connectivity index (χ3v) is 2.44. The number of nitrogens with one attached hydrogen (secondary N) is 1. The van der Waals surface area contributed by atoms with Gasteiger partial charge in [0.1, 0.15) is 5.75 Å². The van der Waals surface area contributed by atoms with E-state index >= 15 is 0 Å². The summed E-state index contributed by atoms with van der Waals surface area (Å²) in [5.41, 5.74) is 1.15. The van der Waals surface area contributed by atoms with Crippen molar-refractivity contribution < 1.29 is 4.74 Å². The minimum Gasteiger partial charge on any atom is -0.491 e. The van der Waals surface area contributed by atoms with Crippen molar-refractivity contribution in [2.45, 2.75) is 26.4 Å². The SMILES string of the molecule is CCC(C)Oc1ccc2[nH]ccc2c1. The zero-order valence-electron chi connectivity index (χ0n) is 8.58. The van der Waals surface area contributed by atoms with Crippen LogP contribution in [-0.4, -0.2) is 11.1 Å². The van der Waals surface area contributed by atoms with Crippen molar-refractivity contribution in [3.8, 4) is 5.75 Å². The molecule has 2 heteroatoms. The smallest absolute Gasteiger partial charge is 0.120 e. The minimum absolute atomic E-state index is 0.284. The highest BCUT2D eigenvalue weighted by molar-refractivity contribution is 5.80. The summed E-state index contributed by atoms with van der Waals surface area (Å²) in [6.45, 7) is 4.21. The molecule has 0 amide bonds. The fourth-order valence-electron chi connectivity index (χ4n) is 1.42. The molecule has 2 nitrogen and oxygen atoms in total. The molecule has 2 rings (SSSR count). The van der Waals surface area contributed by atoms with E-state index in [2.05, 4.69) is 31.0 Å². The van der Waals surface area contributed by atoms with Crippen molar-refractivity contribution in [1.82, 2.24) is 4.98 Å². The fourth-order valence-corrected chi connectivity index (χ4v) is 1.42. The highest BCUT2D eigenvalue weighted by atomic mass is 16.5. The van der Waals surface area contributed by atoms with Crippen molar-refractivity contribution in [2.75, 3.05) is 0 Å². The highest BCUT2D eigenvalue weighted by Gasteiger charge is 2.01. The van der Waals surface area contributed by atoms with Crippen molar-refractivity contribution >= 4 is 10.9 Å². The van der Waals surface area contributed by atoms with Crippen LogP contribution in [0.5, 0.6) is 5.75 Å². The topological polar surface area (TPSA) is 25.0 Å². The quantitative estimate of drug-likeness (QED) is 0.787. The van der Waals surface area contributed by atoms with Crippen LogP contribution in [0.1, 0.15) is 20.3 Å². The minimum atomic E-state index is 0.284. The van der Waals surface area contributed by atoms with E-state index < -0.39 is 0 Å². The lowest BCUT2D eigenvalue weighted by Gasteiger charge is -2.12. The number of hydrogen-bond donors (Lipinski definition) is 1. The lowest BCUT2D eigenvalue weighted by Crippen LogP contribution is -2.09. The predicted octanol–water partition coefficient (Wildman–Crippen LogP) is 3.35. The Labute approximate surface area is 83.9 Å². The molecule has 74 valence electrons. The van der Waals surface area contributed by atoms with Crippen molar-refractivity contribution in [2.24, 2.45) is 0 Å². The molecule has 1 heterocycles. The molecule has 1 aromatic carbocycles. The van der Waals surface area contributed by atoms with Crippen molar-refractivity contribution in [1.29, 1.82) is 0 Å². The standard InChI is InChI=1S/C12H15NO/c1-3-9(2)14-11-4-5-12-10(8-11)6-7-13-12/h4-9,13H,3H2,1-2H3. The van der Waals surface area contributed by atoms with Gasteiger partial charge in [-0.25, -0.2) is 0 Å². The molecule has 0 saturated heterocycles. The summed E-state index contributed by atoms with van der Waals surface area (Å²) in [7, 11) is 0. The first-order valence-corrected chi connectivity index (χ1v) is 5.03. The summed E-state index contributed by atoms with van der Waals surface area (Å²) in [6, 6.07) is 8.18. The molecule has 0 aliphatic rings. The van der Waals surface area contributed by atoms with Gasteiger partial charge in [0, 0.05) is 17.1 Å². The van der Waals surface area contributed by atoms with E-state index in [1.54, 1.807) is 0 Å². The number of H-pyrrole nitrogens is 1. The molecule has 0 fully saturated rings. The van der Waals surface area contributed by atoms with Gasteiger partial charge in [0.2, 0.25) is 0 Å². The first kappa shape index (κ1) is 9.13. The molecule has 0 bridgehead atoms. The molecule has 0 radical (unpaired) electrons. The first-order valence-electron chi connectivity index (χ1n) is 5.03. The van der Waals surface area contributed by atoms with Gasteiger partial charge in [-0.3, -0.25) is 0 Å². The number of hydrogen-bond acceptors (Lipinski definition) is 1. The van der Waals surface area contributed by atoms with Crippen LogP contribution in [0.3, 0.4) is 0 Å². The fraction of sp³-hybridized carbons (Fsp3) is 0.333. The zero-order valence-corrected chi connectivity index (χ0v) is 8.58. The summed E-state index contributed by atoms with van der Waals surface area (Å²) < 4.78 is 5.73. The van der Waals surface area contributed by atoms with Gasteiger partial charge in [0.15, 0.2) is 0 Å². The second-order valence-corrected chi connectivity index (χ2v) is 3.56. The molecule has 14 heavy (non-hydrogen) atoms. The summed E-state index contributed by atoms with van der Waals surface area (Å²) in [5.74, 6) is 0.950. The normalized spacial score (nSPS) is 13.0. The molecule has 1 unspecified atom stereocenters. The van der Waals surface area contributed by atoms with Crippen LogP contribution < -0.4 is 4.74 Å². The zero-order chi connectivity index (χ0) is 9.97. The molecule has 0 saturated carbocycles. The van der Waals surface area contributed by atoms with Crippen LogP contribution in [0.4, 0.5) is 0 Å². The lowest BCUT2D eigenvalue weighted by atomic mass is 10.2. The maximum absolute atomic E-state index is 5.73. The van der Waals surface area contributed by atoms with E-state index in [-0.39, 0.29) is 6.10 Å². The molecule has 2 aromatic rings. The summed E-state index contributed by atoms with van der Waals surface area (Å²) >= 11 is 0. The molecular weight excluding hydrogens is 174 g/mol. The van der Waals surface area contributed by atoms with Crippen LogP contribution in [0, 0.1) is 0 Å². The maximum Gasteiger partial charge on any atom is 0.120 e. The van der Waals surface area contributed by atoms with Crippen LogP contribution in [0.2, 0.25) is 0 Å². The predicted molar refractivity (Wildman–Crippen MR) is 58.7 cm³/mol. The molecule has 1 N–H and O–H groups in total. The van der Waals surface area contributed by atoms with Gasteiger partial charge in [0.25, 0.3) is 0 Å². The molecule has 0 aliphatic heterocycles. The van der Waals surface area contributed by atoms with Gasteiger partial charge in [-0.2, -0.15) is 0 Å². The lowest BCUT2D eigenvalue weighted by molar-refractivity contribution is 0.218. The van der Waals surface area contributed by atoms with E-state index in [1.807, 2.05) is 18.3 Å². The number of aromatic amines is 1. The van der Waals surface area contributed by atoms with E-state index in [1.165, 1.54) is 5.39 Å². The second kappa shape index (κ2) is 3.74. The van der Waals surface area contributed by atoms with Crippen LogP contribution >= 0.6 is 0 Å².